The zero-order valence-corrected chi connectivity index (χ0v) is 13.7. The fourth-order valence-electron chi connectivity index (χ4n) is 2.12. The molecule has 1 saturated carbocycles. The van der Waals surface area contributed by atoms with Crippen molar-refractivity contribution in [1.82, 2.24) is 10.0 Å². The Labute approximate surface area is 127 Å². The molecular formula is C15H24N2O3S. The van der Waals surface area contributed by atoms with Crippen LogP contribution in [0, 0.1) is 0 Å². The Morgan fingerprint density at radius 3 is 2.62 bits per heavy atom. The summed E-state index contributed by atoms with van der Waals surface area (Å²) in [6.07, 6.45) is 2.83. The second-order valence-corrected chi connectivity index (χ2v) is 7.48. The molecule has 0 aromatic heterocycles. The lowest BCUT2D eigenvalue weighted by atomic mass is 10.2. The van der Waals surface area contributed by atoms with E-state index in [1.807, 2.05) is 13.0 Å². The number of benzene rings is 1. The lowest BCUT2D eigenvalue weighted by molar-refractivity contribution is 0.401. The highest BCUT2D eigenvalue weighted by Crippen LogP contribution is 2.37. The van der Waals surface area contributed by atoms with Crippen molar-refractivity contribution in [3.63, 3.8) is 0 Å². The Morgan fingerprint density at radius 1 is 1.33 bits per heavy atom. The first-order valence-corrected chi connectivity index (χ1v) is 8.80. The summed E-state index contributed by atoms with van der Waals surface area (Å²) in [6.45, 7) is 5.66. The minimum Gasteiger partial charge on any atom is -0.495 e. The third-order valence-corrected chi connectivity index (χ3v) is 5.33. The molecule has 0 radical (unpaired) electrons. The van der Waals surface area contributed by atoms with Crippen molar-refractivity contribution in [2.75, 3.05) is 13.7 Å². The molecule has 6 heteroatoms. The molecule has 0 heterocycles. The first-order valence-electron chi connectivity index (χ1n) is 7.32. The molecule has 1 fully saturated rings. The van der Waals surface area contributed by atoms with Crippen molar-refractivity contribution in [3.8, 4) is 5.75 Å². The Kier molecular flexibility index (Phi) is 4.91. The third-order valence-electron chi connectivity index (χ3n) is 3.65. The molecule has 5 nitrogen and oxygen atoms in total. The summed E-state index contributed by atoms with van der Waals surface area (Å²) >= 11 is 0. The van der Waals surface area contributed by atoms with Crippen LogP contribution in [0.5, 0.6) is 5.75 Å². The maximum atomic E-state index is 12.4. The molecule has 118 valence electrons. The monoisotopic (exact) mass is 312 g/mol. The van der Waals surface area contributed by atoms with Gasteiger partial charge in [-0.2, -0.15) is 0 Å². The van der Waals surface area contributed by atoms with Gasteiger partial charge in [-0.05, 0) is 50.4 Å². The van der Waals surface area contributed by atoms with Crippen LogP contribution in [-0.2, 0) is 16.6 Å². The molecule has 0 atom stereocenters. The van der Waals surface area contributed by atoms with Gasteiger partial charge in [-0.3, -0.25) is 0 Å². The van der Waals surface area contributed by atoms with E-state index < -0.39 is 10.0 Å². The van der Waals surface area contributed by atoms with E-state index in [-0.39, 0.29) is 10.4 Å². The standard InChI is InChI=1S/C15H24N2O3S/c1-4-9-16-11-12-5-6-14(13(10-12)20-3)21(18,19)17-15(2)7-8-15/h5-6,10,16-17H,4,7-9,11H2,1-3H3. The lowest BCUT2D eigenvalue weighted by Crippen LogP contribution is -2.34. The van der Waals surface area contributed by atoms with E-state index in [9.17, 15) is 8.42 Å². The van der Waals surface area contributed by atoms with Crippen molar-refractivity contribution in [2.24, 2.45) is 0 Å². The molecule has 0 spiro atoms. The largest absolute Gasteiger partial charge is 0.495 e. The molecule has 1 aromatic rings. The normalized spacial score (nSPS) is 16.7. The number of hydrogen-bond acceptors (Lipinski definition) is 4. The van der Waals surface area contributed by atoms with Gasteiger partial charge >= 0.3 is 0 Å². The maximum absolute atomic E-state index is 12.4. The Balaban J connectivity index is 2.19. The van der Waals surface area contributed by atoms with E-state index in [0.717, 1.165) is 31.4 Å². The van der Waals surface area contributed by atoms with Crippen molar-refractivity contribution in [2.45, 2.75) is 50.1 Å². The van der Waals surface area contributed by atoms with Crippen LogP contribution in [-0.4, -0.2) is 27.6 Å². The molecule has 0 bridgehead atoms. The molecular weight excluding hydrogens is 288 g/mol. The first-order chi connectivity index (χ1) is 9.90. The van der Waals surface area contributed by atoms with Crippen LogP contribution in [0.3, 0.4) is 0 Å². The van der Waals surface area contributed by atoms with Gasteiger partial charge in [0.05, 0.1) is 7.11 Å². The Morgan fingerprint density at radius 2 is 2.05 bits per heavy atom. The predicted molar refractivity (Wildman–Crippen MR) is 83.0 cm³/mol. The summed E-state index contributed by atoms with van der Waals surface area (Å²) < 4.78 is 32.9. The predicted octanol–water partition coefficient (Wildman–Crippen LogP) is 2.03. The number of nitrogens with one attached hydrogen (secondary N) is 2. The second kappa shape index (κ2) is 6.34. The molecule has 0 amide bonds. The summed E-state index contributed by atoms with van der Waals surface area (Å²) in [7, 11) is -2.04. The number of sulfonamides is 1. The number of hydrogen-bond donors (Lipinski definition) is 2. The third kappa shape index (κ3) is 4.18. The van der Waals surface area contributed by atoms with Crippen LogP contribution in [0.4, 0.5) is 0 Å². The second-order valence-electron chi connectivity index (χ2n) is 5.83. The molecule has 0 aliphatic heterocycles. The van der Waals surface area contributed by atoms with Gasteiger partial charge in [0, 0.05) is 12.1 Å². The van der Waals surface area contributed by atoms with Gasteiger partial charge in [-0.1, -0.05) is 13.0 Å². The quantitative estimate of drug-likeness (QED) is 0.721. The fraction of sp³-hybridized carbons (Fsp3) is 0.600. The average molecular weight is 312 g/mol. The molecule has 0 saturated heterocycles. The summed E-state index contributed by atoms with van der Waals surface area (Å²) in [4.78, 5) is 0.206. The van der Waals surface area contributed by atoms with Crippen LogP contribution >= 0.6 is 0 Å². The van der Waals surface area contributed by atoms with Gasteiger partial charge in [-0.15, -0.1) is 0 Å². The van der Waals surface area contributed by atoms with E-state index in [4.69, 9.17) is 4.74 Å². The highest BCUT2D eigenvalue weighted by Gasteiger charge is 2.41. The molecule has 2 rings (SSSR count). The zero-order valence-electron chi connectivity index (χ0n) is 12.9. The topological polar surface area (TPSA) is 67.4 Å². The SMILES string of the molecule is CCCNCc1ccc(S(=O)(=O)NC2(C)CC2)c(OC)c1. The van der Waals surface area contributed by atoms with E-state index >= 15 is 0 Å². The maximum Gasteiger partial charge on any atom is 0.244 e. The number of methoxy groups -OCH3 is 1. The molecule has 0 unspecified atom stereocenters. The van der Waals surface area contributed by atoms with Crippen molar-refractivity contribution >= 4 is 10.0 Å². The first kappa shape index (κ1) is 16.3. The summed E-state index contributed by atoms with van der Waals surface area (Å²) in [5.74, 6) is 0.391. The van der Waals surface area contributed by atoms with Crippen LogP contribution in [0.1, 0.15) is 38.7 Å². The van der Waals surface area contributed by atoms with E-state index in [1.54, 1.807) is 12.1 Å². The number of rotatable bonds is 8. The molecule has 21 heavy (non-hydrogen) atoms. The molecule has 1 aliphatic carbocycles. The number of ether oxygens (including phenoxy) is 1. The average Bonchev–Trinajstić information content (AvgIpc) is 3.15. The van der Waals surface area contributed by atoms with Crippen molar-refractivity contribution in [1.29, 1.82) is 0 Å². The zero-order chi connectivity index (χ0) is 15.5. The van der Waals surface area contributed by atoms with Gasteiger partial charge in [0.1, 0.15) is 10.6 Å². The lowest BCUT2D eigenvalue weighted by Gasteiger charge is -2.15. The van der Waals surface area contributed by atoms with Gasteiger partial charge in [0.2, 0.25) is 10.0 Å². The minimum absolute atomic E-state index is 0.206. The van der Waals surface area contributed by atoms with Crippen LogP contribution in [0.15, 0.2) is 23.1 Å². The van der Waals surface area contributed by atoms with Crippen LogP contribution in [0.2, 0.25) is 0 Å². The van der Waals surface area contributed by atoms with Gasteiger partial charge in [0.25, 0.3) is 0 Å². The van der Waals surface area contributed by atoms with Gasteiger partial charge in [-0.25, -0.2) is 13.1 Å². The highest BCUT2D eigenvalue weighted by molar-refractivity contribution is 7.89. The fourth-order valence-corrected chi connectivity index (χ4v) is 3.74. The Hall–Kier alpha value is -1.11. The summed E-state index contributed by atoms with van der Waals surface area (Å²) in [5.41, 5.74) is 0.724. The van der Waals surface area contributed by atoms with E-state index in [1.165, 1.54) is 7.11 Å². The van der Waals surface area contributed by atoms with Crippen LogP contribution in [0.25, 0.3) is 0 Å². The van der Waals surface area contributed by atoms with Gasteiger partial charge in [0.15, 0.2) is 0 Å². The van der Waals surface area contributed by atoms with E-state index in [0.29, 0.717) is 12.3 Å². The summed E-state index contributed by atoms with van der Waals surface area (Å²) in [5, 5.41) is 3.29. The molecule has 1 aromatic carbocycles. The van der Waals surface area contributed by atoms with E-state index in [2.05, 4.69) is 17.0 Å². The molecule has 2 N–H and O–H groups in total. The minimum atomic E-state index is -3.54. The Bertz CT molecular complexity index is 595. The summed E-state index contributed by atoms with van der Waals surface area (Å²) in [6, 6.07) is 5.23. The smallest absolute Gasteiger partial charge is 0.244 e. The van der Waals surface area contributed by atoms with Crippen molar-refractivity contribution in [3.05, 3.63) is 23.8 Å². The van der Waals surface area contributed by atoms with Crippen LogP contribution < -0.4 is 14.8 Å². The highest BCUT2D eigenvalue weighted by atomic mass is 32.2. The van der Waals surface area contributed by atoms with Gasteiger partial charge < -0.3 is 10.1 Å². The molecule has 1 aliphatic rings. The van der Waals surface area contributed by atoms with Crippen molar-refractivity contribution < 1.29 is 13.2 Å².